The van der Waals surface area contributed by atoms with Crippen molar-refractivity contribution >= 4 is 5.95 Å². The fourth-order valence-corrected chi connectivity index (χ4v) is 3.08. The van der Waals surface area contributed by atoms with Gasteiger partial charge in [0.15, 0.2) is 0 Å². The highest BCUT2D eigenvalue weighted by Crippen LogP contribution is 2.26. The Bertz CT molecular complexity index is 652. The van der Waals surface area contributed by atoms with Gasteiger partial charge in [-0.05, 0) is 23.6 Å². The number of methoxy groups -OCH3 is 1. The summed E-state index contributed by atoms with van der Waals surface area (Å²) in [5, 5.41) is 0. The van der Waals surface area contributed by atoms with Crippen LogP contribution >= 0.6 is 0 Å². The van der Waals surface area contributed by atoms with Crippen molar-refractivity contribution < 1.29 is 4.74 Å². The third-order valence-corrected chi connectivity index (χ3v) is 4.57. The van der Waals surface area contributed by atoms with Gasteiger partial charge in [-0.25, -0.2) is 9.97 Å². The smallest absolute Gasteiger partial charge is 0.225 e. The summed E-state index contributed by atoms with van der Waals surface area (Å²) < 4.78 is 5.55. The Morgan fingerprint density at radius 1 is 1.08 bits per heavy atom. The van der Waals surface area contributed by atoms with Gasteiger partial charge in [0.25, 0.3) is 0 Å². The van der Waals surface area contributed by atoms with Crippen LogP contribution in [-0.2, 0) is 6.54 Å². The van der Waals surface area contributed by atoms with Gasteiger partial charge in [-0.2, -0.15) is 0 Å². The van der Waals surface area contributed by atoms with E-state index in [-0.39, 0.29) is 0 Å². The predicted molar refractivity (Wildman–Crippen MR) is 96.6 cm³/mol. The molecule has 24 heavy (non-hydrogen) atoms. The van der Waals surface area contributed by atoms with Crippen LogP contribution in [0, 0.1) is 0 Å². The van der Waals surface area contributed by atoms with Gasteiger partial charge >= 0.3 is 0 Å². The monoisotopic (exact) mass is 326 g/mol. The van der Waals surface area contributed by atoms with E-state index in [9.17, 15) is 0 Å². The van der Waals surface area contributed by atoms with E-state index in [0.29, 0.717) is 5.92 Å². The summed E-state index contributed by atoms with van der Waals surface area (Å²) >= 11 is 0. The molecule has 0 spiro atoms. The standard InChI is InChI=1S/C19H26N4O/c1-15(2)16-5-6-18(24-3)17(13-16)14-22-9-11-23(12-10-22)19-20-7-4-8-21-19/h4-8,13,15H,9-12,14H2,1-3H3. The lowest BCUT2D eigenvalue weighted by Gasteiger charge is -2.35. The number of nitrogens with zero attached hydrogens (tertiary/aromatic N) is 4. The fourth-order valence-electron chi connectivity index (χ4n) is 3.08. The first-order valence-electron chi connectivity index (χ1n) is 8.58. The highest BCUT2D eigenvalue weighted by Gasteiger charge is 2.20. The molecule has 2 heterocycles. The fraction of sp³-hybridized carbons (Fsp3) is 0.474. The van der Waals surface area contributed by atoms with Crippen LogP contribution in [0.15, 0.2) is 36.7 Å². The van der Waals surface area contributed by atoms with Crippen molar-refractivity contribution in [3.8, 4) is 5.75 Å². The van der Waals surface area contributed by atoms with Gasteiger partial charge in [0.2, 0.25) is 5.95 Å². The van der Waals surface area contributed by atoms with E-state index < -0.39 is 0 Å². The first-order valence-corrected chi connectivity index (χ1v) is 8.58. The van der Waals surface area contributed by atoms with Crippen LogP contribution in [-0.4, -0.2) is 48.2 Å². The minimum atomic E-state index is 0.529. The molecule has 1 aliphatic rings. The Morgan fingerprint density at radius 3 is 2.42 bits per heavy atom. The summed E-state index contributed by atoms with van der Waals surface area (Å²) in [5.74, 6) is 2.34. The van der Waals surface area contributed by atoms with Gasteiger partial charge in [0.1, 0.15) is 5.75 Å². The molecule has 0 bridgehead atoms. The Kier molecular flexibility index (Phi) is 5.30. The molecule has 0 radical (unpaired) electrons. The SMILES string of the molecule is COc1ccc(C(C)C)cc1CN1CCN(c2ncccn2)CC1. The molecule has 1 aromatic carbocycles. The second-order valence-corrected chi connectivity index (χ2v) is 6.54. The molecule has 2 aromatic rings. The maximum absolute atomic E-state index is 5.55. The van der Waals surface area contributed by atoms with Crippen molar-refractivity contribution in [3.05, 3.63) is 47.8 Å². The van der Waals surface area contributed by atoms with Crippen molar-refractivity contribution in [3.63, 3.8) is 0 Å². The number of benzene rings is 1. The molecule has 5 nitrogen and oxygen atoms in total. The van der Waals surface area contributed by atoms with Gasteiger partial charge in [0.05, 0.1) is 7.11 Å². The van der Waals surface area contributed by atoms with E-state index in [2.05, 4.69) is 51.8 Å². The molecule has 1 saturated heterocycles. The van der Waals surface area contributed by atoms with Crippen molar-refractivity contribution in [2.45, 2.75) is 26.3 Å². The average Bonchev–Trinajstić information content (AvgIpc) is 2.63. The van der Waals surface area contributed by atoms with Crippen LogP contribution in [0.1, 0.15) is 30.9 Å². The molecular weight excluding hydrogens is 300 g/mol. The van der Waals surface area contributed by atoms with Crippen LogP contribution in [0.4, 0.5) is 5.95 Å². The van der Waals surface area contributed by atoms with Gasteiger partial charge in [-0.1, -0.05) is 26.0 Å². The molecule has 0 saturated carbocycles. The second kappa shape index (κ2) is 7.62. The molecule has 0 N–H and O–H groups in total. The highest BCUT2D eigenvalue weighted by molar-refractivity contribution is 5.38. The normalized spacial score (nSPS) is 15.8. The quantitative estimate of drug-likeness (QED) is 0.845. The first-order chi connectivity index (χ1) is 11.7. The minimum Gasteiger partial charge on any atom is -0.496 e. The Labute approximate surface area is 144 Å². The summed E-state index contributed by atoms with van der Waals surface area (Å²) in [7, 11) is 1.75. The number of aromatic nitrogens is 2. The number of rotatable bonds is 5. The number of hydrogen-bond acceptors (Lipinski definition) is 5. The first kappa shape index (κ1) is 16.7. The Morgan fingerprint density at radius 2 is 1.79 bits per heavy atom. The van der Waals surface area contributed by atoms with Crippen LogP contribution in [0.5, 0.6) is 5.75 Å². The zero-order valence-electron chi connectivity index (χ0n) is 14.8. The number of anilines is 1. The Hall–Kier alpha value is -2.14. The summed E-state index contributed by atoms with van der Waals surface area (Å²) in [6.07, 6.45) is 3.61. The van der Waals surface area contributed by atoms with Crippen molar-refractivity contribution in [1.82, 2.24) is 14.9 Å². The summed E-state index contributed by atoms with van der Waals surface area (Å²) in [4.78, 5) is 13.4. The molecule has 128 valence electrons. The molecule has 0 amide bonds. The summed E-state index contributed by atoms with van der Waals surface area (Å²) in [6, 6.07) is 8.40. The molecule has 3 rings (SSSR count). The molecule has 0 aliphatic carbocycles. The third-order valence-electron chi connectivity index (χ3n) is 4.57. The van der Waals surface area contributed by atoms with E-state index in [1.807, 2.05) is 6.07 Å². The van der Waals surface area contributed by atoms with Gasteiger partial charge in [0, 0.05) is 50.7 Å². The molecule has 1 aromatic heterocycles. The largest absolute Gasteiger partial charge is 0.496 e. The molecule has 1 aliphatic heterocycles. The molecule has 0 unspecified atom stereocenters. The van der Waals surface area contributed by atoms with Gasteiger partial charge < -0.3 is 9.64 Å². The van der Waals surface area contributed by atoms with Crippen LogP contribution in [0.3, 0.4) is 0 Å². The zero-order chi connectivity index (χ0) is 16.9. The molecule has 0 atom stereocenters. The van der Waals surface area contributed by atoms with Crippen LogP contribution < -0.4 is 9.64 Å². The lowest BCUT2D eigenvalue weighted by Crippen LogP contribution is -2.46. The highest BCUT2D eigenvalue weighted by atomic mass is 16.5. The lowest BCUT2D eigenvalue weighted by atomic mass is 10.00. The number of ether oxygens (including phenoxy) is 1. The van der Waals surface area contributed by atoms with Crippen LogP contribution in [0.2, 0.25) is 0 Å². The van der Waals surface area contributed by atoms with Crippen molar-refractivity contribution in [1.29, 1.82) is 0 Å². The lowest BCUT2D eigenvalue weighted by molar-refractivity contribution is 0.245. The maximum Gasteiger partial charge on any atom is 0.225 e. The topological polar surface area (TPSA) is 41.5 Å². The average molecular weight is 326 g/mol. The van der Waals surface area contributed by atoms with Crippen LogP contribution in [0.25, 0.3) is 0 Å². The van der Waals surface area contributed by atoms with Gasteiger partial charge in [-0.3, -0.25) is 4.90 Å². The predicted octanol–water partition coefficient (Wildman–Crippen LogP) is 2.93. The number of hydrogen-bond donors (Lipinski definition) is 0. The van der Waals surface area contributed by atoms with Gasteiger partial charge in [-0.15, -0.1) is 0 Å². The van der Waals surface area contributed by atoms with E-state index >= 15 is 0 Å². The number of piperazine rings is 1. The third kappa shape index (κ3) is 3.85. The van der Waals surface area contributed by atoms with E-state index in [0.717, 1.165) is 44.4 Å². The minimum absolute atomic E-state index is 0.529. The summed E-state index contributed by atoms with van der Waals surface area (Å²) in [6.45, 7) is 9.30. The summed E-state index contributed by atoms with van der Waals surface area (Å²) in [5.41, 5.74) is 2.63. The van der Waals surface area contributed by atoms with E-state index in [4.69, 9.17) is 4.74 Å². The maximum atomic E-state index is 5.55. The van der Waals surface area contributed by atoms with Crippen molar-refractivity contribution in [2.24, 2.45) is 0 Å². The second-order valence-electron chi connectivity index (χ2n) is 6.54. The zero-order valence-corrected chi connectivity index (χ0v) is 14.8. The van der Waals surface area contributed by atoms with Crippen molar-refractivity contribution in [2.75, 3.05) is 38.2 Å². The Balaban J connectivity index is 1.64. The van der Waals surface area contributed by atoms with E-state index in [1.54, 1.807) is 19.5 Å². The van der Waals surface area contributed by atoms with E-state index in [1.165, 1.54) is 11.1 Å². The molecule has 5 heteroatoms. The molecule has 1 fully saturated rings. The molecular formula is C19H26N4O.